The second-order valence-electron chi connectivity index (χ2n) is 7.55. The molecular formula is C20H31N3O6S. The van der Waals surface area contributed by atoms with E-state index in [1.165, 1.54) is 7.11 Å². The smallest absolute Gasteiger partial charge is 0.348 e. The highest BCUT2D eigenvalue weighted by Gasteiger charge is 2.21. The van der Waals surface area contributed by atoms with Crippen LogP contribution in [0.5, 0.6) is 0 Å². The van der Waals surface area contributed by atoms with Crippen molar-refractivity contribution >= 4 is 27.5 Å². The summed E-state index contributed by atoms with van der Waals surface area (Å²) in [5.41, 5.74) is 0.266. The van der Waals surface area contributed by atoms with Gasteiger partial charge in [0.25, 0.3) is 5.56 Å². The third-order valence-corrected chi connectivity index (χ3v) is 5.60. The van der Waals surface area contributed by atoms with E-state index in [4.69, 9.17) is 14.2 Å². The molecule has 0 bridgehead atoms. The molecule has 0 spiro atoms. The molecule has 2 aromatic rings. The number of aromatic amines is 1. The number of aliphatic hydroxyl groups excluding tert-OH is 1. The van der Waals surface area contributed by atoms with Crippen LogP contribution in [0, 0.1) is 12.8 Å². The number of methoxy groups -OCH3 is 2. The molecule has 2 heterocycles. The number of thiophene rings is 1. The minimum atomic E-state index is -0.675. The Kier molecular flexibility index (Phi) is 9.37. The summed E-state index contributed by atoms with van der Waals surface area (Å²) in [4.78, 5) is 34.7. The fourth-order valence-corrected chi connectivity index (χ4v) is 4.13. The Labute approximate surface area is 180 Å². The molecule has 9 nitrogen and oxygen atoms in total. The Hall–Kier alpha value is -1.85. The number of carbonyl (C=O) groups excluding carboxylic acids is 1. The van der Waals surface area contributed by atoms with Gasteiger partial charge in [-0.15, -0.1) is 11.3 Å². The molecule has 0 amide bonds. The van der Waals surface area contributed by atoms with Crippen LogP contribution in [0.15, 0.2) is 4.79 Å². The van der Waals surface area contributed by atoms with E-state index < -0.39 is 12.1 Å². The van der Waals surface area contributed by atoms with Gasteiger partial charge in [0.2, 0.25) is 0 Å². The average Bonchev–Trinajstić information content (AvgIpc) is 3.02. The lowest BCUT2D eigenvalue weighted by Crippen LogP contribution is -2.37. The van der Waals surface area contributed by atoms with Crippen molar-refractivity contribution in [3.8, 4) is 0 Å². The van der Waals surface area contributed by atoms with E-state index in [0.717, 1.165) is 11.3 Å². The molecule has 0 saturated carbocycles. The number of nitrogens with one attached hydrogen (secondary N) is 1. The summed E-state index contributed by atoms with van der Waals surface area (Å²) in [5.74, 6) is 0.367. The first-order valence-corrected chi connectivity index (χ1v) is 10.7. The molecule has 10 heteroatoms. The number of rotatable bonds is 12. The molecule has 0 aliphatic rings. The first kappa shape index (κ1) is 24.4. The van der Waals surface area contributed by atoms with Crippen LogP contribution in [0.1, 0.15) is 34.9 Å². The number of H-pyrrole nitrogens is 1. The molecular weight excluding hydrogens is 410 g/mol. The summed E-state index contributed by atoms with van der Waals surface area (Å²) in [6.45, 7) is 8.31. The lowest BCUT2D eigenvalue weighted by molar-refractivity contribution is 0.00296. The number of aromatic nitrogens is 2. The molecule has 2 N–H and O–H groups in total. The fourth-order valence-electron chi connectivity index (χ4n) is 3.01. The van der Waals surface area contributed by atoms with E-state index in [-0.39, 0.29) is 12.2 Å². The van der Waals surface area contributed by atoms with E-state index in [1.54, 1.807) is 14.0 Å². The summed E-state index contributed by atoms with van der Waals surface area (Å²) in [5, 5.41) is 10.7. The maximum atomic E-state index is 12.6. The van der Waals surface area contributed by atoms with Gasteiger partial charge in [0, 0.05) is 26.8 Å². The summed E-state index contributed by atoms with van der Waals surface area (Å²) in [6, 6.07) is 0. The molecule has 168 valence electrons. The Morgan fingerprint density at radius 3 is 2.67 bits per heavy atom. The van der Waals surface area contributed by atoms with E-state index in [9.17, 15) is 14.7 Å². The number of ether oxygens (including phenoxy) is 3. The zero-order chi connectivity index (χ0) is 22.3. The maximum absolute atomic E-state index is 12.6. The van der Waals surface area contributed by atoms with Gasteiger partial charge in [-0.1, -0.05) is 13.8 Å². The molecule has 30 heavy (non-hydrogen) atoms. The number of aliphatic hydroxyl groups is 1. The lowest BCUT2D eigenvalue weighted by Gasteiger charge is -2.24. The van der Waals surface area contributed by atoms with Crippen LogP contribution >= 0.6 is 11.3 Å². The number of fused-ring (bicyclic) bond motifs is 1. The molecule has 0 aromatic carbocycles. The molecule has 0 radical (unpaired) electrons. The largest absolute Gasteiger partial charge is 0.465 e. The predicted octanol–water partition coefficient (Wildman–Crippen LogP) is 1.56. The standard InChI is InChI=1S/C20H31N3O6S/c1-12(2)10-29-11-14(24)8-23(6-7-27-4)9-15-21-18(25)16-13(3)17(20(26)28-5)30-19(16)22-15/h12,14,24H,6-11H2,1-5H3,(H,21,22,25)/t14-/m1/s1. The molecule has 0 fully saturated rings. The summed E-state index contributed by atoms with van der Waals surface area (Å²) in [7, 11) is 2.91. The van der Waals surface area contributed by atoms with Crippen molar-refractivity contribution in [3.05, 3.63) is 26.6 Å². The highest BCUT2D eigenvalue weighted by Crippen LogP contribution is 2.27. The van der Waals surface area contributed by atoms with Crippen molar-refractivity contribution in [2.75, 3.05) is 47.1 Å². The van der Waals surface area contributed by atoms with E-state index in [2.05, 4.69) is 9.97 Å². The Balaban J connectivity index is 2.18. The van der Waals surface area contributed by atoms with Crippen molar-refractivity contribution in [1.29, 1.82) is 0 Å². The molecule has 1 atom stereocenters. The van der Waals surface area contributed by atoms with Crippen LogP contribution in [0.4, 0.5) is 0 Å². The Bertz CT molecular complexity index is 895. The van der Waals surface area contributed by atoms with Gasteiger partial charge >= 0.3 is 5.97 Å². The van der Waals surface area contributed by atoms with Gasteiger partial charge in [-0.25, -0.2) is 9.78 Å². The monoisotopic (exact) mass is 441 g/mol. The van der Waals surface area contributed by atoms with E-state index in [1.807, 2.05) is 18.7 Å². The van der Waals surface area contributed by atoms with Crippen molar-refractivity contribution in [2.45, 2.75) is 33.4 Å². The summed E-state index contributed by atoms with van der Waals surface area (Å²) >= 11 is 1.14. The minimum Gasteiger partial charge on any atom is -0.465 e. The number of hydrogen-bond donors (Lipinski definition) is 2. The number of aryl methyl sites for hydroxylation is 1. The lowest BCUT2D eigenvalue weighted by atomic mass is 10.2. The van der Waals surface area contributed by atoms with Crippen LogP contribution in [0.3, 0.4) is 0 Å². The van der Waals surface area contributed by atoms with Gasteiger partial charge in [-0.3, -0.25) is 9.69 Å². The normalized spacial score (nSPS) is 12.8. The second kappa shape index (κ2) is 11.5. The Morgan fingerprint density at radius 1 is 1.30 bits per heavy atom. The van der Waals surface area contributed by atoms with Crippen molar-refractivity contribution in [1.82, 2.24) is 14.9 Å². The molecule has 0 saturated heterocycles. The summed E-state index contributed by atoms with van der Waals surface area (Å²) < 4.78 is 15.5. The van der Waals surface area contributed by atoms with Gasteiger partial charge in [0.05, 0.1) is 38.4 Å². The van der Waals surface area contributed by atoms with Crippen LogP contribution in [0.2, 0.25) is 0 Å². The quantitative estimate of drug-likeness (QED) is 0.477. The molecule has 0 aliphatic heterocycles. The van der Waals surface area contributed by atoms with Crippen molar-refractivity contribution in [3.63, 3.8) is 0 Å². The van der Waals surface area contributed by atoms with E-state index in [0.29, 0.717) is 65.2 Å². The number of hydrogen-bond acceptors (Lipinski definition) is 9. The van der Waals surface area contributed by atoms with Crippen molar-refractivity contribution < 1.29 is 24.1 Å². The zero-order valence-electron chi connectivity index (χ0n) is 18.2. The SMILES string of the molecule is COCCN(Cc1nc2sc(C(=O)OC)c(C)c2c(=O)[nH]1)C[C@@H](O)COCC(C)C. The summed E-state index contributed by atoms with van der Waals surface area (Å²) in [6.07, 6.45) is -0.675. The third-order valence-electron chi connectivity index (χ3n) is 4.44. The van der Waals surface area contributed by atoms with Gasteiger partial charge in [0.15, 0.2) is 0 Å². The number of nitrogens with zero attached hydrogens (tertiary/aromatic N) is 2. The molecule has 0 unspecified atom stereocenters. The van der Waals surface area contributed by atoms with E-state index >= 15 is 0 Å². The highest BCUT2D eigenvalue weighted by molar-refractivity contribution is 7.20. The minimum absolute atomic E-state index is 0.233. The van der Waals surface area contributed by atoms with Gasteiger partial charge < -0.3 is 24.3 Å². The van der Waals surface area contributed by atoms with Gasteiger partial charge in [0.1, 0.15) is 15.5 Å². The van der Waals surface area contributed by atoms with Crippen LogP contribution in [-0.4, -0.2) is 79.2 Å². The molecule has 0 aliphatic carbocycles. The average molecular weight is 442 g/mol. The molecule has 2 aromatic heterocycles. The highest BCUT2D eigenvalue weighted by atomic mass is 32.1. The number of esters is 1. The van der Waals surface area contributed by atoms with Crippen molar-refractivity contribution in [2.24, 2.45) is 5.92 Å². The third kappa shape index (κ3) is 6.58. The maximum Gasteiger partial charge on any atom is 0.348 e. The number of carbonyl (C=O) groups is 1. The Morgan fingerprint density at radius 2 is 2.03 bits per heavy atom. The van der Waals surface area contributed by atoms with Crippen LogP contribution < -0.4 is 5.56 Å². The zero-order valence-corrected chi connectivity index (χ0v) is 19.0. The van der Waals surface area contributed by atoms with Crippen LogP contribution in [-0.2, 0) is 20.8 Å². The topological polar surface area (TPSA) is 114 Å². The van der Waals surface area contributed by atoms with Gasteiger partial charge in [-0.05, 0) is 18.4 Å². The first-order valence-electron chi connectivity index (χ1n) is 9.84. The molecule has 2 rings (SSSR count). The van der Waals surface area contributed by atoms with Crippen LogP contribution in [0.25, 0.3) is 10.2 Å². The first-order chi connectivity index (χ1) is 14.3. The second-order valence-corrected chi connectivity index (χ2v) is 8.55. The van der Waals surface area contributed by atoms with Gasteiger partial charge in [-0.2, -0.15) is 0 Å². The predicted molar refractivity (Wildman–Crippen MR) is 115 cm³/mol. The fraction of sp³-hybridized carbons (Fsp3) is 0.650.